The van der Waals surface area contributed by atoms with Crippen molar-refractivity contribution in [1.82, 2.24) is 4.90 Å². The molecule has 15 heavy (non-hydrogen) atoms. The Labute approximate surface area is 91.8 Å². The first-order chi connectivity index (χ1) is 7.11. The number of amides is 2. The molecule has 4 heteroatoms. The van der Waals surface area contributed by atoms with Crippen molar-refractivity contribution >= 4 is 11.8 Å². The summed E-state index contributed by atoms with van der Waals surface area (Å²) < 4.78 is 0. The van der Waals surface area contributed by atoms with Gasteiger partial charge in [0.25, 0.3) is 0 Å². The highest BCUT2D eigenvalue weighted by Crippen LogP contribution is 2.02. The highest BCUT2D eigenvalue weighted by atomic mass is 16.2. The average Bonchev–Trinajstić information content (AvgIpc) is 2.17. The lowest BCUT2D eigenvalue weighted by Gasteiger charge is -2.20. The van der Waals surface area contributed by atoms with Crippen molar-refractivity contribution in [1.29, 1.82) is 0 Å². The van der Waals surface area contributed by atoms with Crippen LogP contribution in [-0.2, 0) is 9.59 Å². The number of unbranched alkanes of at least 4 members (excludes halogenated alkanes) is 1. The molecule has 0 aromatic carbocycles. The van der Waals surface area contributed by atoms with Gasteiger partial charge in [-0.05, 0) is 26.2 Å². The van der Waals surface area contributed by atoms with Gasteiger partial charge in [0.15, 0.2) is 0 Å². The number of primary amides is 1. The van der Waals surface area contributed by atoms with E-state index in [0.717, 1.165) is 32.4 Å². The van der Waals surface area contributed by atoms with Crippen molar-refractivity contribution in [2.24, 2.45) is 5.73 Å². The zero-order valence-electron chi connectivity index (χ0n) is 9.79. The molecule has 0 aliphatic rings. The summed E-state index contributed by atoms with van der Waals surface area (Å²) >= 11 is 0. The molecule has 2 N–H and O–H groups in total. The Bertz CT molecular complexity index is 205. The molecular weight excluding hydrogens is 192 g/mol. The molecule has 0 aromatic rings. The Morgan fingerprint density at radius 3 is 2.27 bits per heavy atom. The summed E-state index contributed by atoms with van der Waals surface area (Å²) in [5.74, 6) is -0.0583. The van der Waals surface area contributed by atoms with Crippen LogP contribution in [0.3, 0.4) is 0 Å². The molecule has 0 saturated heterocycles. The van der Waals surface area contributed by atoms with E-state index in [0.29, 0.717) is 12.8 Å². The predicted molar refractivity (Wildman–Crippen MR) is 60.2 cm³/mol. The van der Waals surface area contributed by atoms with Crippen molar-refractivity contribution in [3.05, 3.63) is 0 Å². The molecular formula is C11H22N2O2. The van der Waals surface area contributed by atoms with Gasteiger partial charge in [-0.3, -0.25) is 9.59 Å². The molecule has 0 aliphatic carbocycles. The smallest absolute Gasteiger partial charge is 0.222 e. The molecule has 0 fully saturated rings. The second-order valence-corrected chi connectivity index (χ2v) is 3.65. The van der Waals surface area contributed by atoms with Crippen LogP contribution in [0.1, 0.15) is 46.0 Å². The molecule has 0 radical (unpaired) electrons. The Balaban J connectivity index is 3.70. The first-order valence-corrected chi connectivity index (χ1v) is 5.67. The lowest BCUT2D eigenvalue weighted by Crippen LogP contribution is -2.31. The zero-order chi connectivity index (χ0) is 11.7. The van der Waals surface area contributed by atoms with Gasteiger partial charge in [0.2, 0.25) is 11.8 Å². The molecule has 0 aromatic heterocycles. The van der Waals surface area contributed by atoms with Crippen molar-refractivity contribution in [2.75, 3.05) is 13.1 Å². The van der Waals surface area contributed by atoms with Gasteiger partial charge in [0, 0.05) is 25.9 Å². The van der Waals surface area contributed by atoms with Crippen LogP contribution in [0.2, 0.25) is 0 Å². The van der Waals surface area contributed by atoms with Crippen molar-refractivity contribution in [3.8, 4) is 0 Å². The van der Waals surface area contributed by atoms with E-state index in [1.807, 2.05) is 18.7 Å². The summed E-state index contributed by atoms with van der Waals surface area (Å²) in [5, 5.41) is 0. The van der Waals surface area contributed by atoms with E-state index in [4.69, 9.17) is 5.73 Å². The second kappa shape index (κ2) is 8.26. The largest absolute Gasteiger partial charge is 0.370 e. The summed E-state index contributed by atoms with van der Waals surface area (Å²) in [6.45, 7) is 5.46. The number of nitrogens with zero attached hydrogens (tertiary/aromatic N) is 1. The molecule has 0 saturated carbocycles. The van der Waals surface area contributed by atoms with Gasteiger partial charge >= 0.3 is 0 Å². The monoisotopic (exact) mass is 214 g/mol. The molecule has 88 valence electrons. The quantitative estimate of drug-likeness (QED) is 0.619. The third kappa shape index (κ3) is 6.94. The van der Waals surface area contributed by atoms with Gasteiger partial charge in [-0.1, -0.05) is 6.92 Å². The number of nitrogens with two attached hydrogens (primary N) is 1. The van der Waals surface area contributed by atoms with Gasteiger partial charge in [-0.2, -0.15) is 0 Å². The van der Waals surface area contributed by atoms with Crippen molar-refractivity contribution in [2.45, 2.75) is 46.0 Å². The van der Waals surface area contributed by atoms with Crippen LogP contribution in [0, 0.1) is 0 Å². The van der Waals surface area contributed by atoms with Gasteiger partial charge in [-0.25, -0.2) is 0 Å². The summed E-state index contributed by atoms with van der Waals surface area (Å²) in [5.41, 5.74) is 5.03. The summed E-state index contributed by atoms with van der Waals surface area (Å²) in [4.78, 5) is 23.9. The number of carbonyl (C=O) groups excluding carboxylic acids is 2. The highest BCUT2D eigenvalue weighted by Gasteiger charge is 2.09. The minimum Gasteiger partial charge on any atom is -0.370 e. The first-order valence-electron chi connectivity index (χ1n) is 5.67. The van der Waals surface area contributed by atoms with Gasteiger partial charge < -0.3 is 10.6 Å². The second-order valence-electron chi connectivity index (χ2n) is 3.65. The topological polar surface area (TPSA) is 63.4 Å². The van der Waals surface area contributed by atoms with Gasteiger partial charge in [0.1, 0.15) is 0 Å². The van der Waals surface area contributed by atoms with Crippen LogP contribution in [0.15, 0.2) is 0 Å². The molecule has 4 nitrogen and oxygen atoms in total. The van der Waals surface area contributed by atoms with Crippen LogP contribution in [0.5, 0.6) is 0 Å². The minimum atomic E-state index is -0.266. The SMILES string of the molecule is CCCC(=O)N(CC)CCCCC(N)=O. The molecule has 2 amide bonds. The average molecular weight is 214 g/mol. The zero-order valence-corrected chi connectivity index (χ0v) is 9.79. The highest BCUT2D eigenvalue weighted by molar-refractivity contribution is 5.76. The third-order valence-corrected chi connectivity index (χ3v) is 2.30. The summed E-state index contributed by atoms with van der Waals surface area (Å²) in [6, 6.07) is 0. The number of rotatable bonds is 8. The fourth-order valence-electron chi connectivity index (χ4n) is 1.43. The van der Waals surface area contributed by atoms with E-state index in [-0.39, 0.29) is 11.8 Å². The normalized spacial score (nSPS) is 10.0. The summed E-state index contributed by atoms with van der Waals surface area (Å²) in [7, 11) is 0. The third-order valence-electron chi connectivity index (χ3n) is 2.30. The Morgan fingerprint density at radius 1 is 1.13 bits per heavy atom. The van der Waals surface area contributed by atoms with E-state index in [2.05, 4.69) is 0 Å². The van der Waals surface area contributed by atoms with Crippen LogP contribution in [-0.4, -0.2) is 29.8 Å². The standard InChI is InChI=1S/C11H22N2O2/c1-3-7-11(15)13(4-2)9-6-5-8-10(12)14/h3-9H2,1-2H3,(H2,12,14). The van der Waals surface area contributed by atoms with Gasteiger partial charge in [-0.15, -0.1) is 0 Å². The van der Waals surface area contributed by atoms with E-state index in [1.165, 1.54) is 0 Å². The number of hydrogen-bond acceptors (Lipinski definition) is 2. The van der Waals surface area contributed by atoms with Crippen LogP contribution in [0.4, 0.5) is 0 Å². The molecule has 0 unspecified atom stereocenters. The maximum atomic E-state index is 11.5. The first kappa shape index (κ1) is 13.9. The van der Waals surface area contributed by atoms with Gasteiger partial charge in [0.05, 0.1) is 0 Å². The maximum Gasteiger partial charge on any atom is 0.222 e. The molecule has 0 rings (SSSR count). The van der Waals surface area contributed by atoms with E-state index < -0.39 is 0 Å². The molecule has 0 atom stereocenters. The minimum absolute atomic E-state index is 0.207. The lowest BCUT2D eigenvalue weighted by atomic mass is 10.2. The Morgan fingerprint density at radius 2 is 1.80 bits per heavy atom. The van der Waals surface area contributed by atoms with Crippen LogP contribution < -0.4 is 5.73 Å². The summed E-state index contributed by atoms with van der Waals surface area (Å²) in [6.07, 6.45) is 3.54. The predicted octanol–water partition coefficient (Wildman–Crippen LogP) is 1.29. The lowest BCUT2D eigenvalue weighted by molar-refractivity contribution is -0.131. The number of hydrogen-bond donors (Lipinski definition) is 1. The molecule has 0 heterocycles. The van der Waals surface area contributed by atoms with Crippen molar-refractivity contribution in [3.63, 3.8) is 0 Å². The Hall–Kier alpha value is -1.06. The molecule has 0 bridgehead atoms. The maximum absolute atomic E-state index is 11.5. The van der Waals surface area contributed by atoms with E-state index in [1.54, 1.807) is 0 Å². The van der Waals surface area contributed by atoms with Crippen LogP contribution in [0.25, 0.3) is 0 Å². The fourth-order valence-corrected chi connectivity index (χ4v) is 1.43. The van der Waals surface area contributed by atoms with Crippen molar-refractivity contribution < 1.29 is 9.59 Å². The van der Waals surface area contributed by atoms with E-state index in [9.17, 15) is 9.59 Å². The Kier molecular flexibility index (Phi) is 7.68. The van der Waals surface area contributed by atoms with E-state index >= 15 is 0 Å². The van der Waals surface area contributed by atoms with Crippen LogP contribution >= 0.6 is 0 Å². The molecule has 0 spiro atoms. The number of carbonyl (C=O) groups is 2. The fraction of sp³-hybridized carbons (Fsp3) is 0.818. The molecule has 0 aliphatic heterocycles.